The van der Waals surface area contributed by atoms with E-state index in [-0.39, 0.29) is 31.5 Å². The molecule has 0 spiro atoms. The van der Waals surface area contributed by atoms with Crippen LogP contribution in [-0.2, 0) is 16.1 Å². The third-order valence-electron chi connectivity index (χ3n) is 4.32. The van der Waals surface area contributed by atoms with Crippen LogP contribution >= 0.6 is 0 Å². The first-order valence-electron chi connectivity index (χ1n) is 8.49. The minimum Gasteiger partial charge on any atom is -0.467 e. The van der Waals surface area contributed by atoms with Crippen molar-refractivity contribution in [3.05, 3.63) is 24.2 Å². The van der Waals surface area contributed by atoms with Crippen LogP contribution in [0.5, 0.6) is 0 Å². The van der Waals surface area contributed by atoms with Gasteiger partial charge < -0.3 is 14.6 Å². The number of carbonyl (C=O) groups is 2. The van der Waals surface area contributed by atoms with Gasteiger partial charge in [0.05, 0.1) is 25.9 Å². The fraction of sp³-hybridized carbons (Fsp3) is 0.647. The molecule has 0 aromatic carbocycles. The van der Waals surface area contributed by atoms with E-state index in [0.717, 1.165) is 17.7 Å². The highest BCUT2D eigenvalue weighted by atomic mass is 19.4. The molecule has 0 aliphatic heterocycles. The summed E-state index contributed by atoms with van der Waals surface area (Å²) in [4.78, 5) is 26.5. The van der Waals surface area contributed by atoms with Gasteiger partial charge in [-0.05, 0) is 44.9 Å². The molecule has 1 aromatic heterocycles. The molecule has 0 saturated heterocycles. The van der Waals surface area contributed by atoms with Gasteiger partial charge in [-0.1, -0.05) is 0 Å². The summed E-state index contributed by atoms with van der Waals surface area (Å²) in [5.41, 5.74) is 0. The molecule has 26 heavy (non-hydrogen) atoms. The van der Waals surface area contributed by atoms with Crippen LogP contribution in [0.2, 0.25) is 0 Å². The normalized spacial score (nSPS) is 15.8. The molecule has 146 valence electrons. The highest BCUT2D eigenvalue weighted by Gasteiger charge is 2.40. The standard InChI is InChI=1S/C17H24F3N3O3/c1-12(13-5-6-13)23(11-17(18,19)20)16(25)10-22(2)9-15(24)21-8-14-4-3-7-26-14/h3-4,7,12-13H,5-6,8-11H2,1-2H3,(H,21,24)/t12-/m1/s1. The second-order valence-electron chi connectivity index (χ2n) is 6.74. The van der Waals surface area contributed by atoms with Crippen molar-refractivity contribution >= 4 is 11.8 Å². The smallest absolute Gasteiger partial charge is 0.406 e. The van der Waals surface area contributed by atoms with E-state index in [1.165, 1.54) is 18.2 Å². The second-order valence-corrected chi connectivity index (χ2v) is 6.74. The van der Waals surface area contributed by atoms with E-state index in [2.05, 4.69) is 5.32 Å². The van der Waals surface area contributed by atoms with Gasteiger partial charge in [0.1, 0.15) is 12.3 Å². The quantitative estimate of drug-likeness (QED) is 0.717. The molecular weight excluding hydrogens is 351 g/mol. The monoisotopic (exact) mass is 375 g/mol. The van der Waals surface area contributed by atoms with Crippen molar-refractivity contribution in [3.8, 4) is 0 Å². The Bertz CT molecular complexity index is 600. The first-order chi connectivity index (χ1) is 12.2. The average molecular weight is 375 g/mol. The minimum atomic E-state index is -4.45. The maximum absolute atomic E-state index is 12.8. The van der Waals surface area contributed by atoms with Crippen LogP contribution < -0.4 is 5.32 Å². The molecule has 1 saturated carbocycles. The van der Waals surface area contributed by atoms with Gasteiger partial charge >= 0.3 is 6.18 Å². The number of hydrogen-bond donors (Lipinski definition) is 1. The Labute approximate surface area is 150 Å². The summed E-state index contributed by atoms with van der Waals surface area (Å²) in [5, 5.41) is 2.63. The number of amides is 2. The van der Waals surface area contributed by atoms with Crippen LogP contribution in [0.1, 0.15) is 25.5 Å². The highest BCUT2D eigenvalue weighted by molar-refractivity contribution is 5.81. The van der Waals surface area contributed by atoms with E-state index in [9.17, 15) is 22.8 Å². The van der Waals surface area contributed by atoms with Gasteiger partial charge in [0, 0.05) is 6.04 Å². The Morgan fingerprint density at radius 1 is 1.35 bits per heavy atom. The molecule has 9 heteroatoms. The predicted octanol–water partition coefficient (Wildman–Crippen LogP) is 2.02. The molecule has 1 aromatic rings. The molecule has 1 heterocycles. The van der Waals surface area contributed by atoms with E-state index >= 15 is 0 Å². The highest BCUT2D eigenvalue weighted by Crippen LogP contribution is 2.36. The summed E-state index contributed by atoms with van der Waals surface area (Å²) < 4.78 is 43.5. The van der Waals surface area contributed by atoms with E-state index in [0.29, 0.717) is 5.76 Å². The zero-order valence-corrected chi connectivity index (χ0v) is 14.9. The molecule has 1 fully saturated rings. The summed E-state index contributed by atoms with van der Waals surface area (Å²) in [6.07, 6.45) is -1.28. The number of carbonyl (C=O) groups excluding carboxylic acids is 2. The lowest BCUT2D eigenvalue weighted by atomic mass is 10.1. The Balaban J connectivity index is 1.83. The van der Waals surface area contributed by atoms with E-state index in [1.54, 1.807) is 19.1 Å². The molecule has 1 aliphatic rings. The van der Waals surface area contributed by atoms with Gasteiger partial charge in [0.15, 0.2) is 0 Å². The van der Waals surface area contributed by atoms with Crippen LogP contribution in [0.15, 0.2) is 22.8 Å². The number of likely N-dealkylation sites (N-methyl/N-ethyl adjacent to an activating group) is 1. The first-order valence-corrected chi connectivity index (χ1v) is 8.49. The summed E-state index contributed by atoms with van der Waals surface area (Å²) >= 11 is 0. The molecular formula is C17H24F3N3O3. The fourth-order valence-electron chi connectivity index (χ4n) is 2.76. The van der Waals surface area contributed by atoms with E-state index < -0.39 is 24.7 Å². The summed E-state index contributed by atoms with van der Waals surface area (Å²) in [6.45, 7) is 0.261. The maximum Gasteiger partial charge on any atom is 0.406 e. The van der Waals surface area contributed by atoms with Crippen molar-refractivity contribution < 1.29 is 27.2 Å². The third kappa shape index (κ3) is 6.70. The summed E-state index contributed by atoms with van der Waals surface area (Å²) in [6, 6.07) is 2.95. The van der Waals surface area contributed by atoms with Gasteiger partial charge in [-0.15, -0.1) is 0 Å². The number of furan rings is 1. The first kappa shape index (κ1) is 20.3. The summed E-state index contributed by atoms with van der Waals surface area (Å²) in [5.74, 6) is -0.243. The lowest BCUT2D eigenvalue weighted by Gasteiger charge is -2.31. The molecule has 2 amide bonds. The lowest BCUT2D eigenvalue weighted by Crippen LogP contribution is -2.49. The van der Waals surface area contributed by atoms with Crippen LogP contribution in [-0.4, -0.2) is 60.5 Å². The van der Waals surface area contributed by atoms with Crippen LogP contribution in [0.4, 0.5) is 13.2 Å². The second kappa shape index (κ2) is 8.57. The molecule has 1 aliphatic carbocycles. The topological polar surface area (TPSA) is 65.8 Å². The third-order valence-corrected chi connectivity index (χ3v) is 4.32. The van der Waals surface area contributed by atoms with Crippen molar-refractivity contribution in [2.24, 2.45) is 5.92 Å². The summed E-state index contributed by atoms with van der Waals surface area (Å²) in [7, 11) is 1.53. The number of nitrogens with one attached hydrogen (secondary N) is 1. The molecule has 6 nitrogen and oxygen atoms in total. The molecule has 0 unspecified atom stereocenters. The van der Waals surface area contributed by atoms with Crippen LogP contribution in [0, 0.1) is 5.92 Å². The van der Waals surface area contributed by atoms with Crippen molar-refractivity contribution in [2.75, 3.05) is 26.7 Å². The molecule has 2 rings (SSSR count). The molecule has 1 N–H and O–H groups in total. The molecule has 0 bridgehead atoms. The van der Waals surface area contributed by atoms with Crippen molar-refractivity contribution in [3.63, 3.8) is 0 Å². The molecule has 1 atom stereocenters. The minimum absolute atomic E-state index is 0.0931. The number of halogens is 3. The van der Waals surface area contributed by atoms with Gasteiger partial charge in [-0.25, -0.2) is 0 Å². The van der Waals surface area contributed by atoms with Crippen LogP contribution in [0.25, 0.3) is 0 Å². The SMILES string of the molecule is C[C@H](C1CC1)N(CC(F)(F)F)C(=O)CN(C)CC(=O)NCc1ccco1. The number of alkyl halides is 3. The number of nitrogens with zero attached hydrogens (tertiary/aromatic N) is 2. The maximum atomic E-state index is 12.8. The fourth-order valence-corrected chi connectivity index (χ4v) is 2.76. The van der Waals surface area contributed by atoms with Crippen molar-refractivity contribution in [2.45, 2.75) is 38.5 Å². The molecule has 0 radical (unpaired) electrons. The van der Waals surface area contributed by atoms with Crippen molar-refractivity contribution in [1.29, 1.82) is 0 Å². The lowest BCUT2D eigenvalue weighted by molar-refractivity contribution is -0.166. The number of rotatable bonds is 9. The van der Waals surface area contributed by atoms with Crippen LogP contribution in [0.3, 0.4) is 0 Å². The Morgan fingerprint density at radius 3 is 2.58 bits per heavy atom. The van der Waals surface area contributed by atoms with E-state index in [1.807, 2.05) is 0 Å². The number of hydrogen-bond acceptors (Lipinski definition) is 4. The zero-order chi connectivity index (χ0) is 19.3. The zero-order valence-electron chi connectivity index (χ0n) is 14.9. The predicted molar refractivity (Wildman–Crippen MR) is 88.0 cm³/mol. The Kier molecular flexibility index (Phi) is 6.69. The van der Waals surface area contributed by atoms with Gasteiger partial charge in [-0.3, -0.25) is 14.5 Å². The average Bonchev–Trinajstić information content (AvgIpc) is 3.25. The van der Waals surface area contributed by atoms with E-state index in [4.69, 9.17) is 4.42 Å². The van der Waals surface area contributed by atoms with Gasteiger partial charge in [-0.2, -0.15) is 13.2 Å². The Morgan fingerprint density at radius 2 is 2.04 bits per heavy atom. The Hall–Kier alpha value is -2.03. The van der Waals surface area contributed by atoms with Gasteiger partial charge in [0.2, 0.25) is 11.8 Å². The van der Waals surface area contributed by atoms with Crippen molar-refractivity contribution in [1.82, 2.24) is 15.1 Å². The largest absolute Gasteiger partial charge is 0.467 e. The van der Waals surface area contributed by atoms with Gasteiger partial charge in [0.25, 0.3) is 0 Å².